The van der Waals surface area contributed by atoms with E-state index in [1.165, 1.54) is 18.2 Å². The Morgan fingerprint density at radius 2 is 1.70 bits per heavy atom. The molecule has 0 aliphatic heterocycles. The molecule has 1 aliphatic carbocycles. The van der Waals surface area contributed by atoms with Crippen LogP contribution in [0.1, 0.15) is 47.4 Å². The summed E-state index contributed by atoms with van der Waals surface area (Å²) in [5.74, 6) is -4.27. The molecule has 3 rings (SSSR count). The van der Waals surface area contributed by atoms with Gasteiger partial charge in [0.25, 0.3) is 5.91 Å². The minimum Gasteiger partial charge on any atom is -0.460 e. The van der Waals surface area contributed by atoms with Crippen molar-refractivity contribution in [2.45, 2.75) is 62.3 Å². The highest BCUT2D eigenvalue weighted by atomic mass is 32.2. The number of carbonyl (C=O) groups excluding carboxylic acids is 1. The number of hydrogen-bond acceptors (Lipinski definition) is 6. The summed E-state index contributed by atoms with van der Waals surface area (Å²) >= 11 is 0. The van der Waals surface area contributed by atoms with Crippen LogP contribution in [0.2, 0.25) is 0 Å². The van der Waals surface area contributed by atoms with E-state index < -0.39 is 26.4 Å². The Kier molecular flexibility index (Phi) is 6.64. The number of aryl methyl sites for hydroxylation is 2. The largest absolute Gasteiger partial charge is 0.460 e. The molecule has 30 heavy (non-hydrogen) atoms. The average molecular weight is 439 g/mol. The molecule has 0 unspecified atom stereocenters. The first-order valence-electron chi connectivity index (χ1n) is 9.57. The van der Waals surface area contributed by atoms with Crippen molar-refractivity contribution in [1.82, 2.24) is 15.3 Å². The Hall–Kier alpha value is -2.62. The number of halogens is 2. The molecule has 1 heterocycles. The molecule has 1 aromatic heterocycles. The lowest BCUT2D eigenvalue weighted by molar-refractivity contribution is 0.0881. The van der Waals surface area contributed by atoms with Gasteiger partial charge in [-0.3, -0.25) is 4.79 Å². The normalized spacial score (nSPS) is 19.5. The number of alkyl halides is 2. The second kappa shape index (κ2) is 9.03. The Balaban J connectivity index is 1.61. The van der Waals surface area contributed by atoms with Crippen molar-refractivity contribution in [3.8, 4) is 6.01 Å². The van der Waals surface area contributed by atoms with Gasteiger partial charge >= 0.3 is 11.8 Å². The number of nitrogens with one attached hydrogen (secondary N) is 1. The molecule has 10 heteroatoms. The van der Waals surface area contributed by atoms with Crippen molar-refractivity contribution in [2.75, 3.05) is 0 Å². The third kappa shape index (κ3) is 5.10. The molecule has 0 radical (unpaired) electrons. The molecule has 7 nitrogen and oxygen atoms in total. The zero-order valence-corrected chi connectivity index (χ0v) is 17.5. The predicted molar refractivity (Wildman–Crippen MR) is 105 cm³/mol. The fourth-order valence-electron chi connectivity index (χ4n) is 3.48. The van der Waals surface area contributed by atoms with Gasteiger partial charge in [-0.15, -0.1) is 0 Å². The summed E-state index contributed by atoms with van der Waals surface area (Å²) in [6.07, 6.45) is 2.41. The molecule has 1 amide bonds. The molecular formula is C20H23F2N3O4S. The first kappa shape index (κ1) is 22.1. The summed E-state index contributed by atoms with van der Waals surface area (Å²) in [5.41, 5.74) is 1.35. The SMILES string of the molecule is Cc1cc(C)nc(OC2CCC(NC(=O)c3ccccc3S(=O)(=O)C(F)F)CC2)n1. The predicted octanol–water partition coefficient (Wildman–Crippen LogP) is 3.21. The van der Waals surface area contributed by atoms with E-state index in [0.29, 0.717) is 31.7 Å². The number of amides is 1. The zero-order chi connectivity index (χ0) is 21.9. The van der Waals surface area contributed by atoms with Gasteiger partial charge in [-0.05, 0) is 57.7 Å². The monoisotopic (exact) mass is 439 g/mol. The topological polar surface area (TPSA) is 98.2 Å². The van der Waals surface area contributed by atoms with Crippen LogP contribution in [0.5, 0.6) is 6.01 Å². The van der Waals surface area contributed by atoms with Gasteiger partial charge in [0.05, 0.1) is 10.5 Å². The number of ether oxygens (including phenoxy) is 1. The molecule has 0 atom stereocenters. The van der Waals surface area contributed by atoms with Crippen LogP contribution in [0, 0.1) is 13.8 Å². The van der Waals surface area contributed by atoms with E-state index in [-0.39, 0.29) is 17.7 Å². The number of sulfone groups is 1. The van der Waals surface area contributed by atoms with Crippen LogP contribution in [0.4, 0.5) is 8.78 Å². The van der Waals surface area contributed by atoms with Crippen molar-refractivity contribution >= 4 is 15.7 Å². The average Bonchev–Trinajstić information content (AvgIpc) is 2.68. The molecule has 162 valence electrons. The van der Waals surface area contributed by atoms with E-state index in [4.69, 9.17) is 4.74 Å². The molecule has 1 aromatic carbocycles. The Bertz CT molecular complexity index is 1000. The summed E-state index contributed by atoms with van der Waals surface area (Å²) < 4.78 is 55.4. The van der Waals surface area contributed by atoms with Crippen molar-refractivity contribution in [2.24, 2.45) is 0 Å². The highest BCUT2D eigenvalue weighted by Gasteiger charge is 2.32. The van der Waals surface area contributed by atoms with Crippen molar-refractivity contribution in [3.63, 3.8) is 0 Å². The Labute approximate surface area is 173 Å². The Morgan fingerprint density at radius 3 is 2.30 bits per heavy atom. The van der Waals surface area contributed by atoms with E-state index in [9.17, 15) is 22.0 Å². The first-order chi connectivity index (χ1) is 14.2. The van der Waals surface area contributed by atoms with Gasteiger partial charge < -0.3 is 10.1 Å². The lowest BCUT2D eigenvalue weighted by Crippen LogP contribution is -2.40. The maximum absolute atomic E-state index is 12.9. The van der Waals surface area contributed by atoms with E-state index in [1.54, 1.807) is 0 Å². The van der Waals surface area contributed by atoms with E-state index in [0.717, 1.165) is 17.5 Å². The van der Waals surface area contributed by atoms with Gasteiger partial charge in [0, 0.05) is 17.4 Å². The van der Waals surface area contributed by atoms with Crippen molar-refractivity contribution in [1.29, 1.82) is 0 Å². The maximum Gasteiger partial charge on any atom is 0.341 e. The van der Waals surface area contributed by atoms with Crippen LogP contribution in [0.3, 0.4) is 0 Å². The van der Waals surface area contributed by atoms with E-state index in [1.807, 2.05) is 19.9 Å². The van der Waals surface area contributed by atoms with E-state index >= 15 is 0 Å². The second-order valence-corrected chi connectivity index (χ2v) is 9.19. The molecule has 1 saturated carbocycles. The summed E-state index contributed by atoms with van der Waals surface area (Å²) in [6, 6.07) is 6.97. The third-order valence-corrected chi connectivity index (χ3v) is 6.35. The van der Waals surface area contributed by atoms with Crippen LogP contribution >= 0.6 is 0 Å². The number of nitrogens with zero attached hydrogens (tertiary/aromatic N) is 2. The summed E-state index contributed by atoms with van der Waals surface area (Å²) in [7, 11) is -4.87. The third-order valence-electron chi connectivity index (χ3n) is 4.92. The lowest BCUT2D eigenvalue weighted by atomic mass is 9.92. The minimum absolute atomic E-state index is 0.0918. The number of rotatable bonds is 6. The van der Waals surface area contributed by atoms with Gasteiger partial charge in [0.1, 0.15) is 6.10 Å². The van der Waals surface area contributed by atoms with Crippen LogP contribution in [-0.2, 0) is 9.84 Å². The van der Waals surface area contributed by atoms with Crippen molar-refractivity contribution in [3.05, 3.63) is 47.3 Å². The minimum atomic E-state index is -4.87. The molecule has 0 bridgehead atoms. The molecule has 0 saturated heterocycles. The molecule has 0 spiro atoms. The van der Waals surface area contributed by atoms with Gasteiger partial charge in [0.15, 0.2) is 0 Å². The van der Waals surface area contributed by atoms with Crippen molar-refractivity contribution < 1.29 is 26.7 Å². The summed E-state index contributed by atoms with van der Waals surface area (Å²) in [6.45, 7) is 3.72. The van der Waals surface area contributed by atoms with Crippen LogP contribution < -0.4 is 10.1 Å². The van der Waals surface area contributed by atoms with Gasteiger partial charge in [-0.1, -0.05) is 12.1 Å². The number of hydrogen-bond donors (Lipinski definition) is 1. The first-order valence-corrected chi connectivity index (χ1v) is 11.1. The number of benzene rings is 1. The number of carbonyl (C=O) groups is 1. The molecule has 2 aromatic rings. The van der Waals surface area contributed by atoms with Crippen LogP contribution in [0.15, 0.2) is 35.2 Å². The molecule has 1 fully saturated rings. The smallest absolute Gasteiger partial charge is 0.341 e. The number of aromatic nitrogens is 2. The lowest BCUT2D eigenvalue weighted by Gasteiger charge is -2.29. The Morgan fingerprint density at radius 1 is 1.10 bits per heavy atom. The van der Waals surface area contributed by atoms with Crippen LogP contribution in [-0.4, -0.2) is 42.2 Å². The highest BCUT2D eigenvalue weighted by Crippen LogP contribution is 2.25. The van der Waals surface area contributed by atoms with E-state index in [2.05, 4.69) is 15.3 Å². The quantitative estimate of drug-likeness (QED) is 0.742. The molecule has 1 N–H and O–H groups in total. The summed E-state index contributed by atoms with van der Waals surface area (Å²) in [5, 5.41) is 2.75. The van der Waals surface area contributed by atoms with Gasteiger partial charge in [0.2, 0.25) is 9.84 Å². The fraction of sp³-hybridized carbons (Fsp3) is 0.450. The highest BCUT2D eigenvalue weighted by molar-refractivity contribution is 7.91. The molecular weight excluding hydrogens is 416 g/mol. The zero-order valence-electron chi connectivity index (χ0n) is 16.6. The fourth-order valence-corrected chi connectivity index (χ4v) is 4.41. The van der Waals surface area contributed by atoms with Gasteiger partial charge in [-0.25, -0.2) is 18.4 Å². The van der Waals surface area contributed by atoms with Crippen LogP contribution in [0.25, 0.3) is 0 Å². The maximum atomic E-state index is 12.9. The standard InChI is InChI=1S/C20H23F2N3O4S/c1-12-11-13(2)24-20(23-12)29-15-9-7-14(8-10-15)25-18(26)16-5-3-4-6-17(16)30(27,28)19(21)22/h3-6,11,14-15,19H,7-10H2,1-2H3,(H,25,26). The second-order valence-electron chi connectivity index (χ2n) is 7.30. The van der Waals surface area contributed by atoms with Gasteiger partial charge in [-0.2, -0.15) is 8.78 Å². The molecule has 1 aliphatic rings. The summed E-state index contributed by atoms with van der Waals surface area (Å²) in [4.78, 5) is 20.4.